The zero-order valence-corrected chi connectivity index (χ0v) is 22.1. The number of carbonyl (C=O) groups is 2. The third kappa shape index (κ3) is 4.94. The standard InChI is InChI=1S/C30H25F2N3O6/c1-17-23-10-5-11-25(39-22-9-4-7-19(15-22)29(37)38)27(23)35(33-17)21-8-3-6-18(14-21)28(36)34(2)20-12-13-24-26(16-20)41-30(31,32)40-24/h3-4,6-9,12-16,25H,5,10-11H2,1-2H3,(H,37,38)/t25-/m0/s1. The number of nitrogens with zero attached hydrogens (tertiary/aromatic N) is 3. The van der Waals surface area contributed by atoms with E-state index in [0.717, 1.165) is 29.8 Å². The topological polar surface area (TPSA) is 103 Å². The summed E-state index contributed by atoms with van der Waals surface area (Å²) in [5.41, 5.74) is 4.25. The molecule has 6 rings (SSSR count). The predicted octanol–water partition coefficient (Wildman–Crippen LogP) is 5.93. The highest BCUT2D eigenvalue weighted by atomic mass is 19.3. The highest BCUT2D eigenvalue weighted by Gasteiger charge is 2.43. The van der Waals surface area contributed by atoms with E-state index < -0.39 is 12.3 Å². The molecule has 11 heteroatoms. The second-order valence-electron chi connectivity index (χ2n) is 9.91. The van der Waals surface area contributed by atoms with Crippen LogP contribution in [-0.4, -0.2) is 40.1 Å². The molecule has 2 aliphatic rings. The summed E-state index contributed by atoms with van der Waals surface area (Å²) in [6.07, 6.45) is -1.72. The lowest BCUT2D eigenvalue weighted by Gasteiger charge is -2.26. The molecule has 1 N–H and O–H groups in total. The van der Waals surface area contributed by atoms with Gasteiger partial charge in [-0.15, -0.1) is 8.78 Å². The van der Waals surface area contributed by atoms with Gasteiger partial charge in [0.05, 0.1) is 22.6 Å². The highest BCUT2D eigenvalue weighted by molar-refractivity contribution is 6.06. The van der Waals surface area contributed by atoms with E-state index in [2.05, 4.69) is 9.47 Å². The van der Waals surface area contributed by atoms with Crippen LogP contribution in [0.2, 0.25) is 0 Å². The van der Waals surface area contributed by atoms with Crippen molar-refractivity contribution in [2.45, 2.75) is 38.6 Å². The molecule has 0 radical (unpaired) electrons. The van der Waals surface area contributed by atoms with Crippen LogP contribution < -0.4 is 19.1 Å². The summed E-state index contributed by atoms with van der Waals surface area (Å²) < 4.78 is 44.0. The minimum absolute atomic E-state index is 0.105. The van der Waals surface area contributed by atoms with Crippen LogP contribution >= 0.6 is 0 Å². The zero-order chi connectivity index (χ0) is 28.9. The Morgan fingerprint density at radius 2 is 1.80 bits per heavy atom. The van der Waals surface area contributed by atoms with Gasteiger partial charge < -0.3 is 24.2 Å². The number of rotatable bonds is 6. The van der Waals surface area contributed by atoms with Crippen molar-refractivity contribution >= 4 is 17.6 Å². The fourth-order valence-electron chi connectivity index (χ4n) is 5.22. The Morgan fingerprint density at radius 1 is 1.05 bits per heavy atom. The minimum Gasteiger partial charge on any atom is -0.484 e. The van der Waals surface area contributed by atoms with Crippen molar-refractivity contribution in [1.82, 2.24) is 9.78 Å². The average molecular weight is 562 g/mol. The Morgan fingerprint density at radius 3 is 2.61 bits per heavy atom. The Bertz CT molecular complexity index is 1680. The first-order valence-corrected chi connectivity index (χ1v) is 13.0. The van der Waals surface area contributed by atoms with Crippen molar-refractivity contribution in [3.05, 3.63) is 94.8 Å². The van der Waals surface area contributed by atoms with E-state index in [-0.39, 0.29) is 29.1 Å². The van der Waals surface area contributed by atoms with Gasteiger partial charge in [0.25, 0.3) is 5.91 Å². The van der Waals surface area contributed by atoms with Gasteiger partial charge in [-0.1, -0.05) is 12.1 Å². The van der Waals surface area contributed by atoms with Gasteiger partial charge in [-0.05, 0) is 74.7 Å². The van der Waals surface area contributed by atoms with Gasteiger partial charge in [0.2, 0.25) is 0 Å². The lowest BCUT2D eigenvalue weighted by Crippen LogP contribution is -2.26. The molecular weight excluding hydrogens is 536 g/mol. The van der Waals surface area contributed by atoms with E-state index in [1.807, 2.05) is 13.0 Å². The fourth-order valence-corrected chi connectivity index (χ4v) is 5.22. The molecule has 0 bridgehead atoms. The van der Waals surface area contributed by atoms with E-state index in [1.165, 1.54) is 35.2 Å². The zero-order valence-electron chi connectivity index (χ0n) is 22.1. The molecule has 41 heavy (non-hydrogen) atoms. The molecule has 1 aromatic heterocycles. The molecular formula is C30H25F2N3O6. The third-order valence-corrected chi connectivity index (χ3v) is 7.20. The average Bonchev–Trinajstić information content (AvgIpc) is 3.47. The maximum Gasteiger partial charge on any atom is 0.586 e. The lowest BCUT2D eigenvalue weighted by molar-refractivity contribution is -0.286. The summed E-state index contributed by atoms with van der Waals surface area (Å²) >= 11 is 0. The van der Waals surface area contributed by atoms with Crippen LogP contribution in [0.4, 0.5) is 14.5 Å². The number of aromatic nitrogens is 2. The Balaban J connectivity index is 1.30. The smallest absolute Gasteiger partial charge is 0.484 e. The van der Waals surface area contributed by atoms with Crippen molar-refractivity contribution in [2.24, 2.45) is 0 Å². The largest absolute Gasteiger partial charge is 0.586 e. The number of alkyl halides is 2. The van der Waals surface area contributed by atoms with Crippen molar-refractivity contribution < 1.29 is 37.7 Å². The number of carboxylic acid groups (broad SMARTS) is 1. The minimum atomic E-state index is -3.75. The van der Waals surface area contributed by atoms with Crippen LogP contribution in [-0.2, 0) is 6.42 Å². The van der Waals surface area contributed by atoms with Gasteiger partial charge in [-0.2, -0.15) is 5.10 Å². The molecule has 4 aromatic rings. The fraction of sp³-hybridized carbons (Fsp3) is 0.233. The Kier molecular flexibility index (Phi) is 6.36. The van der Waals surface area contributed by atoms with Gasteiger partial charge >= 0.3 is 12.3 Å². The third-order valence-electron chi connectivity index (χ3n) is 7.20. The van der Waals surface area contributed by atoms with Crippen LogP contribution in [0.5, 0.6) is 17.2 Å². The quantitative estimate of drug-likeness (QED) is 0.311. The maximum atomic E-state index is 13.5. The first kappa shape index (κ1) is 26.3. The molecule has 210 valence electrons. The summed E-state index contributed by atoms with van der Waals surface area (Å²) in [5, 5.41) is 14.1. The molecule has 3 aromatic carbocycles. The number of hydrogen-bond acceptors (Lipinski definition) is 6. The van der Waals surface area contributed by atoms with Crippen LogP contribution in [0, 0.1) is 6.92 Å². The van der Waals surface area contributed by atoms with Crippen molar-refractivity contribution in [3.63, 3.8) is 0 Å². The number of aryl methyl sites for hydroxylation is 1. The molecule has 1 amide bonds. The second-order valence-corrected chi connectivity index (χ2v) is 9.91. The van der Waals surface area contributed by atoms with E-state index >= 15 is 0 Å². The molecule has 1 aliphatic carbocycles. The van der Waals surface area contributed by atoms with Gasteiger partial charge in [0, 0.05) is 29.9 Å². The number of carboxylic acids is 1. The number of halogens is 2. The number of fused-ring (bicyclic) bond motifs is 2. The highest BCUT2D eigenvalue weighted by Crippen LogP contribution is 2.43. The number of hydrogen-bond donors (Lipinski definition) is 1. The summed E-state index contributed by atoms with van der Waals surface area (Å²) in [6, 6.07) is 17.5. The molecule has 0 fully saturated rings. The number of amides is 1. The normalized spacial score (nSPS) is 16.6. The first-order chi connectivity index (χ1) is 19.6. The molecule has 2 heterocycles. The van der Waals surface area contributed by atoms with Crippen LogP contribution in [0.15, 0.2) is 66.7 Å². The van der Waals surface area contributed by atoms with Crippen molar-refractivity contribution in [3.8, 4) is 22.9 Å². The van der Waals surface area contributed by atoms with Crippen molar-refractivity contribution in [2.75, 3.05) is 11.9 Å². The first-order valence-electron chi connectivity index (χ1n) is 13.0. The van der Waals surface area contributed by atoms with Gasteiger partial charge in [0.15, 0.2) is 11.5 Å². The SMILES string of the molecule is Cc1nn(-c2cccc(C(=O)N(C)c3ccc4c(c3)OC(F)(F)O4)c2)c2c1CCC[C@@H]2Oc1cccc(C(=O)O)c1. The monoisotopic (exact) mass is 561 g/mol. The van der Waals surface area contributed by atoms with E-state index in [4.69, 9.17) is 9.84 Å². The second kappa shape index (κ2) is 9.92. The summed E-state index contributed by atoms with van der Waals surface area (Å²) in [4.78, 5) is 26.2. The Labute approximate surface area is 233 Å². The maximum absolute atomic E-state index is 13.5. The number of carbonyl (C=O) groups excluding carboxylic acids is 1. The molecule has 1 atom stereocenters. The van der Waals surface area contributed by atoms with Gasteiger partial charge in [-0.25, -0.2) is 9.48 Å². The van der Waals surface area contributed by atoms with Crippen LogP contribution in [0.3, 0.4) is 0 Å². The van der Waals surface area contributed by atoms with E-state index in [1.54, 1.807) is 42.1 Å². The number of ether oxygens (including phenoxy) is 3. The van der Waals surface area contributed by atoms with Gasteiger partial charge in [-0.3, -0.25) is 4.79 Å². The van der Waals surface area contributed by atoms with Crippen molar-refractivity contribution in [1.29, 1.82) is 0 Å². The predicted molar refractivity (Wildman–Crippen MR) is 143 cm³/mol. The number of benzene rings is 3. The van der Waals surface area contributed by atoms with Gasteiger partial charge in [0.1, 0.15) is 11.9 Å². The molecule has 0 saturated heterocycles. The van der Waals surface area contributed by atoms with E-state index in [9.17, 15) is 23.5 Å². The molecule has 0 saturated carbocycles. The molecule has 0 unspecified atom stereocenters. The molecule has 0 spiro atoms. The summed E-state index contributed by atoms with van der Waals surface area (Å²) in [7, 11) is 1.54. The number of anilines is 1. The molecule has 9 nitrogen and oxygen atoms in total. The Hall–Kier alpha value is -4.93. The summed E-state index contributed by atoms with van der Waals surface area (Å²) in [6.45, 7) is 1.93. The summed E-state index contributed by atoms with van der Waals surface area (Å²) in [5.74, 6) is -1.22. The van der Waals surface area contributed by atoms with Crippen LogP contribution in [0.25, 0.3) is 5.69 Å². The number of aromatic carboxylic acids is 1. The van der Waals surface area contributed by atoms with Crippen LogP contribution in [0.1, 0.15) is 56.6 Å². The van der Waals surface area contributed by atoms with E-state index in [0.29, 0.717) is 29.1 Å². The lowest BCUT2D eigenvalue weighted by atomic mass is 9.93. The molecule has 1 aliphatic heterocycles.